The fourth-order valence-electron chi connectivity index (χ4n) is 3.43. The van der Waals surface area contributed by atoms with Crippen LogP contribution in [0.3, 0.4) is 0 Å². The second-order valence-electron chi connectivity index (χ2n) is 8.67. The number of anilines is 1. The van der Waals surface area contributed by atoms with Gasteiger partial charge in [-0.15, -0.1) is 0 Å². The minimum absolute atomic E-state index is 0.0309. The molecule has 2 aromatic carbocycles. The van der Waals surface area contributed by atoms with Gasteiger partial charge in [0.25, 0.3) is 10.0 Å². The van der Waals surface area contributed by atoms with Crippen molar-refractivity contribution in [2.45, 2.75) is 38.0 Å². The van der Waals surface area contributed by atoms with Gasteiger partial charge in [0.15, 0.2) is 11.5 Å². The van der Waals surface area contributed by atoms with Gasteiger partial charge in [-0.1, -0.05) is 32.9 Å². The summed E-state index contributed by atoms with van der Waals surface area (Å²) in [5.74, 6) is 1.33. The van der Waals surface area contributed by atoms with Gasteiger partial charge in [0, 0.05) is 24.0 Å². The van der Waals surface area contributed by atoms with E-state index in [-0.39, 0.29) is 29.6 Å². The largest absolute Gasteiger partial charge is 0.497 e. The van der Waals surface area contributed by atoms with Crippen molar-refractivity contribution in [2.75, 3.05) is 25.0 Å². The molecule has 0 spiro atoms. The minimum Gasteiger partial charge on any atom is -0.497 e. The van der Waals surface area contributed by atoms with Gasteiger partial charge in [-0.3, -0.25) is 9.71 Å². The number of rotatable bonds is 9. The van der Waals surface area contributed by atoms with E-state index < -0.39 is 15.4 Å². The molecular formula is C25H30N2O6S. The van der Waals surface area contributed by atoms with Crippen molar-refractivity contribution in [3.63, 3.8) is 0 Å². The summed E-state index contributed by atoms with van der Waals surface area (Å²) < 4.78 is 47.0. The predicted molar refractivity (Wildman–Crippen MR) is 131 cm³/mol. The lowest BCUT2D eigenvalue weighted by Gasteiger charge is -2.27. The highest BCUT2D eigenvalue weighted by atomic mass is 32.2. The van der Waals surface area contributed by atoms with Crippen molar-refractivity contribution in [1.29, 1.82) is 0 Å². The van der Waals surface area contributed by atoms with Gasteiger partial charge in [-0.2, -0.15) is 0 Å². The van der Waals surface area contributed by atoms with Gasteiger partial charge < -0.3 is 19.3 Å². The maximum atomic E-state index is 13.5. The molecule has 3 rings (SSSR count). The van der Waals surface area contributed by atoms with Gasteiger partial charge >= 0.3 is 0 Å². The molecule has 0 atom stereocenters. The lowest BCUT2D eigenvalue weighted by Crippen LogP contribution is -2.20. The first-order chi connectivity index (χ1) is 16.1. The van der Waals surface area contributed by atoms with Crippen LogP contribution in [0.4, 0.5) is 5.69 Å². The number of pyridine rings is 1. The summed E-state index contributed by atoms with van der Waals surface area (Å²) in [7, 11) is -2.53. The van der Waals surface area contributed by atoms with Crippen molar-refractivity contribution >= 4 is 15.7 Å². The Morgan fingerprint density at radius 3 is 2.32 bits per heavy atom. The monoisotopic (exact) mass is 486 g/mol. The van der Waals surface area contributed by atoms with Crippen LogP contribution in [0.1, 0.15) is 31.9 Å². The van der Waals surface area contributed by atoms with Crippen molar-refractivity contribution < 1.29 is 27.7 Å². The molecule has 0 saturated carbocycles. The van der Waals surface area contributed by atoms with E-state index >= 15 is 0 Å². The fourth-order valence-corrected chi connectivity index (χ4v) is 4.86. The van der Waals surface area contributed by atoms with Crippen LogP contribution in [-0.4, -0.2) is 38.8 Å². The molecular weight excluding hydrogens is 456 g/mol. The molecule has 0 aliphatic rings. The van der Waals surface area contributed by atoms with E-state index in [0.717, 1.165) is 5.56 Å². The zero-order valence-corrected chi connectivity index (χ0v) is 20.8. The zero-order valence-electron chi connectivity index (χ0n) is 20.0. The first-order valence-electron chi connectivity index (χ1n) is 10.7. The summed E-state index contributed by atoms with van der Waals surface area (Å²) in [5, 5.41) is 9.45. The van der Waals surface area contributed by atoms with E-state index in [4.69, 9.17) is 14.2 Å². The van der Waals surface area contributed by atoms with Gasteiger partial charge in [-0.05, 0) is 42.2 Å². The molecule has 34 heavy (non-hydrogen) atoms. The Hall–Kier alpha value is -3.30. The van der Waals surface area contributed by atoms with Crippen LogP contribution in [0, 0.1) is 6.92 Å². The maximum Gasteiger partial charge on any atom is 0.266 e. The molecule has 0 fully saturated rings. The van der Waals surface area contributed by atoms with E-state index in [1.165, 1.54) is 12.4 Å². The van der Waals surface area contributed by atoms with Crippen LogP contribution < -0.4 is 18.9 Å². The van der Waals surface area contributed by atoms with Crippen LogP contribution in [0.5, 0.6) is 23.0 Å². The normalized spacial score (nSPS) is 11.7. The van der Waals surface area contributed by atoms with Crippen LogP contribution in [-0.2, 0) is 15.4 Å². The molecule has 0 saturated heterocycles. The number of aryl methyl sites for hydroxylation is 1. The Bertz CT molecular complexity index is 1240. The fraction of sp³-hybridized carbons (Fsp3) is 0.320. The summed E-state index contributed by atoms with van der Waals surface area (Å²) in [5.41, 5.74) is 1.19. The van der Waals surface area contributed by atoms with Crippen molar-refractivity contribution in [1.82, 2.24) is 4.98 Å². The summed E-state index contributed by atoms with van der Waals surface area (Å²) in [6, 6.07) is 11.9. The maximum absolute atomic E-state index is 13.5. The molecule has 0 bridgehead atoms. The van der Waals surface area contributed by atoms with Crippen molar-refractivity contribution in [3.05, 3.63) is 66.0 Å². The number of aromatic nitrogens is 1. The quantitative estimate of drug-likeness (QED) is 0.453. The Balaban J connectivity index is 2.25. The number of hydrogen-bond acceptors (Lipinski definition) is 7. The van der Waals surface area contributed by atoms with Crippen LogP contribution >= 0.6 is 0 Å². The Kier molecular flexibility index (Phi) is 7.68. The number of aliphatic hydroxyl groups excluding tert-OH is 1. The van der Waals surface area contributed by atoms with E-state index in [0.29, 0.717) is 22.7 Å². The topological polar surface area (TPSA) is 107 Å². The lowest BCUT2D eigenvalue weighted by molar-refractivity contribution is 0.193. The molecule has 1 heterocycles. The number of benzene rings is 2. The van der Waals surface area contributed by atoms with Crippen molar-refractivity contribution in [2.24, 2.45) is 0 Å². The highest BCUT2D eigenvalue weighted by Gasteiger charge is 2.32. The molecule has 1 aromatic heterocycles. The second-order valence-corrected chi connectivity index (χ2v) is 10.3. The lowest BCUT2D eigenvalue weighted by atomic mass is 9.85. The molecule has 0 unspecified atom stereocenters. The molecule has 0 amide bonds. The molecule has 2 N–H and O–H groups in total. The number of ether oxygens (including phenoxy) is 3. The number of sulfonamides is 1. The smallest absolute Gasteiger partial charge is 0.266 e. The van der Waals surface area contributed by atoms with Gasteiger partial charge in [0.05, 0.1) is 19.4 Å². The summed E-state index contributed by atoms with van der Waals surface area (Å²) >= 11 is 0. The van der Waals surface area contributed by atoms with Gasteiger partial charge in [0.2, 0.25) is 0 Å². The van der Waals surface area contributed by atoms with Crippen LogP contribution in [0.25, 0.3) is 0 Å². The predicted octanol–water partition coefficient (Wildman–Crippen LogP) is 4.66. The van der Waals surface area contributed by atoms with Gasteiger partial charge in [0.1, 0.15) is 23.0 Å². The Labute approximate surface area is 200 Å². The standard InChI is InChI=1S/C25H30N2O6S/c1-17-15-21(25(2,3)4)22(33-20-8-6-7-19(16-20)31-5)23(32-14-13-28)24(17)34(29,30)27-18-9-11-26-12-10-18/h6-12,15-16,28H,13-14H2,1-5H3,(H,26,27). The minimum atomic E-state index is -4.08. The Morgan fingerprint density at radius 2 is 1.71 bits per heavy atom. The molecule has 182 valence electrons. The molecule has 0 aliphatic heterocycles. The molecule has 0 aliphatic carbocycles. The Morgan fingerprint density at radius 1 is 1.03 bits per heavy atom. The van der Waals surface area contributed by atoms with Crippen LogP contribution in [0.2, 0.25) is 0 Å². The highest BCUT2D eigenvalue weighted by molar-refractivity contribution is 7.92. The second kappa shape index (κ2) is 10.3. The molecule has 0 radical (unpaired) electrons. The highest BCUT2D eigenvalue weighted by Crippen LogP contribution is 2.47. The molecule has 3 aromatic rings. The third-order valence-electron chi connectivity index (χ3n) is 4.98. The zero-order chi connectivity index (χ0) is 24.9. The molecule has 8 nitrogen and oxygen atoms in total. The van der Waals surface area contributed by atoms with Crippen LogP contribution in [0.15, 0.2) is 59.8 Å². The summed E-state index contributed by atoms with van der Waals surface area (Å²) in [6.07, 6.45) is 2.99. The molecule has 9 heteroatoms. The van der Waals surface area contributed by atoms with E-state index in [1.54, 1.807) is 56.5 Å². The number of hydrogen-bond donors (Lipinski definition) is 2. The first-order valence-corrected chi connectivity index (χ1v) is 12.2. The van der Waals surface area contributed by atoms with E-state index in [2.05, 4.69) is 9.71 Å². The third-order valence-corrected chi connectivity index (χ3v) is 6.53. The average molecular weight is 487 g/mol. The summed E-state index contributed by atoms with van der Waals surface area (Å²) in [4.78, 5) is 3.85. The number of aliphatic hydroxyl groups is 1. The first kappa shape index (κ1) is 25.3. The van der Waals surface area contributed by atoms with E-state index in [1.807, 2.05) is 20.8 Å². The van der Waals surface area contributed by atoms with Crippen molar-refractivity contribution in [3.8, 4) is 23.0 Å². The third kappa shape index (κ3) is 5.78. The number of nitrogens with zero attached hydrogens (tertiary/aromatic N) is 1. The van der Waals surface area contributed by atoms with Gasteiger partial charge in [-0.25, -0.2) is 8.42 Å². The summed E-state index contributed by atoms with van der Waals surface area (Å²) in [6.45, 7) is 7.30. The average Bonchev–Trinajstić information content (AvgIpc) is 2.78. The number of nitrogens with one attached hydrogen (secondary N) is 1. The SMILES string of the molecule is COc1cccc(Oc2c(C(C)(C)C)cc(C)c(S(=O)(=O)Nc3ccncc3)c2OCCO)c1. The number of methoxy groups -OCH3 is 1. The van der Waals surface area contributed by atoms with E-state index in [9.17, 15) is 13.5 Å².